The molecule has 80 valence electrons. The Bertz CT molecular complexity index is 342. The molecule has 1 aromatic rings. The molecule has 0 saturated heterocycles. The first-order valence-electron chi connectivity index (χ1n) is 5.48. The van der Waals surface area contributed by atoms with Gasteiger partial charge in [0.15, 0.2) is 0 Å². The van der Waals surface area contributed by atoms with Crippen LogP contribution in [-0.2, 0) is 0 Å². The minimum Gasteiger partial charge on any atom is -0.493 e. The Morgan fingerprint density at radius 1 is 1.40 bits per heavy atom. The Morgan fingerprint density at radius 2 is 2.27 bits per heavy atom. The van der Waals surface area contributed by atoms with E-state index in [-0.39, 0.29) is 0 Å². The lowest BCUT2D eigenvalue weighted by Crippen LogP contribution is -1.98. The van der Waals surface area contributed by atoms with Crippen LogP contribution in [0.5, 0.6) is 5.75 Å². The number of hydrogen-bond donors (Lipinski definition) is 1. The third-order valence-corrected chi connectivity index (χ3v) is 2.49. The maximum Gasteiger partial charge on any atom is 0.119 e. The van der Waals surface area contributed by atoms with Gasteiger partial charge in [-0.25, -0.2) is 0 Å². The number of benzene rings is 1. The molecule has 2 rings (SSSR count). The fourth-order valence-electron chi connectivity index (χ4n) is 1.41. The summed E-state index contributed by atoms with van der Waals surface area (Å²) in [5.41, 5.74) is 6.55. The largest absolute Gasteiger partial charge is 0.493 e. The molecule has 2 nitrogen and oxygen atoms in total. The van der Waals surface area contributed by atoms with E-state index < -0.39 is 0 Å². The minimum absolute atomic E-state index is 0.577. The highest BCUT2D eigenvalue weighted by Crippen LogP contribution is 2.29. The van der Waals surface area contributed by atoms with Crippen LogP contribution >= 0.6 is 0 Å². The fourth-order valence-corrected chi connectivity index (χ4v) is 1.41. The molecule has 0 bridgehead atoms. The third-order valence-electron chi connectivity index (χ3n) is 2.49. The molecule has 0 amide bonds. The van der Waals surface area contributed by atoms with Crippen LogP contribution in [0.4, 0.5) is 0 Å². The topological polar surface area (TPSA) is 35.2 Å². The Hall–Kier alpha value is -1.28. The SMILES string of the molecule is NC/C=C/c1cccc(OCC2CC2)c1. The molecule has 0 aliphatic heterocycles. The maximum atomic E-state index is 5.69. The molecule has 0 unspecified atom stereocenters. The summed E-state index contributed by atoms with van der Waals surface area (Å²) in [6.07, 6.45) is 6.61. The molecular weight excluding hydrogens is 186 g/mol. The summed E-state index contributed by atoms with van der Waals surface area (Å²) in [6.45, 7) is 1.44. The van der Waals surface area contributed by atoms with Crippen molar-refractivity contribution in [1.29, 1.82) is 0 Å². The van der Waals surface area contributed by atoms with Crippen molar-refractivity contribution in [2.75, 3.05) is 13.2 Å². The molecule has 0 spiro atoms. The first-order chi connectivity index (χ1) is 7.38. The lowest BCUT2D eigenvalue weighted by atomic mass is 10.2. The van der Waals surface area contributed by atoms with E-state index in [1.807, 2.05) is 24.3 Å². The summed E-state index contributed by atoms with van der Waals surface area (Å²) in [6, 6.07) is 8.12. The van der Waals surface area contributed by atoms with Gasteiger partial charge in [-0.05, 0) is 36.5 Å². The van der Waals surface area contributed by atoms with Crippen molar-refractivity contribution in [2.24, 2.45) is 11.7 Å². The average Bonchev–Trinajstić information content (AvgIpc) is 3.08. The molecule has 0 heterocycles. The highest BCUT2D eigenvalue weighted by molar-refractivity contribution is 5.51. The van der Waals surface area contributed by atoms with E-state index in [4.69, 9.17) is 10.5 Å². The van der Waals surface area contributed by atoms with E-state index >= 15 is 0 Å². The molecule has 1 aliphatic rings. The van der Waals surface area contributed by atoms with E-state index in [1.165, 1.54) is 12.8 Å². The van der Waals surface area contributed by atoms with Crippen molar-refractivity contribution in [1.82, 2.24) is 0 Å². The van der Waals surface area contributed by atoms with E-state index in [2.05, 4.69) is 12.1 Å². The van der Waals surface area contributed by atoms with Crippen LogP contribution in [0, 0.1) is 5.92 Å². The van der Waals surface area contributed by atoms with Crippen molar-refractivity contribution >= 4 is 6.08 Å². The van der Waals surface area contributed by atoms with Crippen LogP contribution < -0.4 is 10.5 Å². The highest BCUT2D eigenvalue weighted by Gasteiger charge is 2.21. The van der Waals surface area contributed by atoms with Crippen LogP contribution in [0.3, 0.4) is 0 Å². The Balaban J connectivity index is 1.94. The molecule has 1 fully saturated rings. The van der Waals surface area contributed by atoms with E-state index in [0.717, 1.165) is 23.8 Å². The number of rotatable bonds is 5. The van der Waals surface area contributed by atoms with Crippen LogP contribution in [0.2, 0.25) is 0 Å². The number of ether oxygens (including phenoxy) is 1. The molecule has 1 aliphatic carbocycles. The fraction of sp³-hybridized carbons (Fsp3) is 0.385. The van der Waals surface area contributed by atoms with Gasteiger partial charge in [0.1, 0.15) is 5.75 Å². The van der Waals surface area contributed by atoms with Gasteiger partial charge in [-0.3, -0.25) is 0 Å². The molecule has 1 saturated carbocycles. The first-order valence-corrected chi connectivity index (χ1v) is 5.48. The van der Waals surface area contributed by atoms with Gasteiger partial charge in [0.2, 0.25) is 0 Å². The zero-order chi connectivity index (χ0) is 10.5. The molecule has 15 heavy (non-hydrogen) atoms. The van der Waals surface area contributed by atoms with Crippen LogP contribution in [0.25, 0.3) is 6.08 Å². The van der Waals surface area contributed by atoms with Crippen molar-refractivity contribution in [2.45, 2.75) is 12.8 Å². The highest BCUT2D eigenvalue weighted by atomic mass is 16.5. The third kappa shape index (κ3) is 3.40. The van der Waals surface area contributed by atoms with Gasteiger partial charge in [-0.2, -0.15) is 0 Å². The summed E-state index contributed by atoms with van der Waals surface area (Å²) in [4.78, 5) is 0. The second-order valence-corrected chi connectivity index (χ2v) is 3.96. The Labute approximate surface area is 90.7 Å². The van der Waals surface area contributed by atoms with Crippen molar-refractivity contribution < 1.29 is 4.74 Å². The normalized spacial score (nSPS) is 15.8. The van der Waals surface area contributed by atoms with Crippen LogP contribution in [0.15, 0.2) is 30.3 Å². The zero-order valence-corrected chi connectivity index (χ0v) is 8.86. The standard InChI is InChI=1S/C13H17NO/c14-8-2-4-11-3-1-5-13(9-11)15-10-12-6-7-12/h1-5,9,12H,6-8,10,14H2/b4-2+. The second-order valence-electron chi connectivity index (χ2n) is 3.96. The molecule has 0 atom stereocenters. The molecule has 0 aromatic heterocycles. The van der Waals surface area contributed by atoms with Gasteiger partial charge in [0.05, 0.1) is 6.61 Å². The first kappa shape index (κ1) is 10.2. The van der Waals surface area contributed by atoms with Gasteiger partial charge >= 0.3 is 0 Å². The van der Waals surface area contributed by atoms with Crippen molar-refractivity contribution in [3.63, 3.8) is 0 Å². The van der Waals surface area contributed by atoms with E-state index in [9.17, 15) is 0 Å². The quantitative estimate of drug-likeness (QED) is 0.797. The van der Waals surface area contributed by atoms with Gasteiger partial charge in [-0.15, -0.1) is 0 Å². The van der Waals surface area contributed by atoms with Gasteiger partial charge in [-0.1, -0.05) is 24.3 Å². The lowest BCUT2D eigenvalue weighted by Gasteiger charge is -2.05. The second kappa shape index (κ2) is 4.99. The summed E-state index contributed by atoms with van der Waals surface area (Å²) >= 11 is 0. The summed E-state index contributed by atoms with van der Waals surface area (Å²) < 4.78 is 5.69. The minimum atomic E-state index is 0.577. The summed E-state index contributed by atoms with van der Waals surface area (Å²) in [7, 11) is 0. The summed E-state index contributed by atoms with van der Waals surface area (Å²) in [5, 5.41) is 0. The Morgan fingerprint density at radius 3 is 3.00 bits per heavy atom. The van der Waals surface area contributed by atoms with Crippen LogP contribution in [0.1, 0.15) is 18.4 Å². The van der Waals surface area contributed by atoms with Crippen LogP contribution in [-0.4, -0.2) is 13.2 Å². The molecular formula is C13H17NO. The number of nitrogens with two attached hydrogens (primary N) is 1. The Kier molecular flexibility index (Phi) is 3.41. The molecule has 2 heteroatoms. The smallest absolute Gasteiger partial charge is 0.119 e. The zero-order valence-electron chi connectivity index (χ0n) is 8.86. The van der Waals surface area contributed by atoms with Crippen molar-refractivity contribution in [3.05, 3.63) is 35.9 Å². The molecule has 1 aromatic carbocycles. The van der Waals surface area contributed by atoms with Gasteiger partial charge in [0.25, 0.3) is 0 Å². The molecule has 0 radical (unpaired) electrons. The van der Waals surface area contributed by atoms with Crippen molar-refractivity contribution in [3.8, 4) is 5.75 Å². The maximum absolute atomic E-state index is 5.69. The summed E-state index contributed by atoms with van der Waals surface area (Å²) in [5.74, 6) is 1.76. The average molecular weight is 203 g/mol. The predicted molar refractivity (Wildman–Crippen MR) is 62.7 cm³/mol. The van der Waals surface area contributed by atoms with Gasteiger partial charge < -0.3 is 10.5 Å². The van der Waals surface area contributed by atoms with Gasteiger partial charge in [0, 0.05) is 6.54 Å². The monoisotopic (exact) mass is 203 g/mol. The van der Waals surface area contributed by atoms with E-state index in [1.54, 1.807) is 0 Å². The number of hydrogen-bond acceptors (Lipinski definition) is 2. The van der Waals surface area contributed by atoms with E-state index in [0.29, 0.717) is 6.54 Å². The molecule has 2 N–H and O–H groups in total. The lowest BCUT2D eigenvalue weighted by molar-refractivity contribution is 0.300. The predicted octanol–water partition coefficient (Wildman–Crippen LogP) is 2.45.